The highest BCUT2D eigenvalue weighted by atomic mass is 14.7. The van der Waals surface area contributed by atoms with Crippen LogP contribution in [0.1, 0.15) is 33.9 Å². The van der Waals surface area contributed by atoms with Crippen LogP contribution in [0.5, 0.6) is 0 Å². The predicted octanol–water partition coefficient (Wildman–Crippen LogP) is 3.05. The molecule has 0 bridgehead atoms. The van der Waals surface area contributed by atoms with Gasteiger partial charge in [-0.2, -0.15) is 0 Å². The van der Waals surface area contributed by atoms with Gasteiger partial charge in [0.05, 0.1) is 6.04 Å². The topological polar surface area (TPSA) is 38.9 Å². The number of nitrogens with zero attached hydrogens (tertiary/aromatic N) is 1. The Labute approximate surface area is 103 Å². The molecule has 2 N–H and O–H groups in total. The van der Waals surface area contributed by atoms with Crippen LogP contribution >= 0.6 is 0 Å². The zero-order chi connectivity index (χ0) is 12.4. The summed E-state index contributed by atoms with van der Waals surface area (Å²) in [4.78, 5) is 4.16. The number of aromatic nitrogens is 1. The van der Waals surface area contributed by atoms with Crippen LogP contribution in [-0.4, -0.2) is 4.98 Å². The maximum Gasteiger partial charge on any atom is 0.0572 e. The third-order valence-electron chi connectivity index (χ3n) is 3.17. The normalized spacial score (nSPS) is 12.5. The van der Waals surface area contributed by atoms with E-state index in [2.05, 4.69) is 44.0 Å². The maximum atomic E-state index is 6.33. The van der Waals surface area contributed by atoms with Crippen molar-refractivity contribution in [3.63, 3.8) is 0 Å². The molecule has 17 heavy (non-hydrogen) atoms. The van der Waals surface area contributed by atoms with E-state index in [4.69, 9.17) is 5.73 Å². The van der Waals surface area contributed by atoms with Crippen molar-refractivity contribution in [1.29, 1.82) is 0 Å². The summed E-state index contributed by atoms with van der Waals surface area (Å²) in [6, 6.07) is 8.29. The molecule has 1 aromatic heterocycles. The molecule has 1 atom stereocenters. The van der Waals surface area contributed by atoms with E-state index < -0.39 is 0 Å². The average molecular weight is 226 g/mol. The van der Waals surface area contributed by atoms with Crippen LogP contribution in [0, 0.1) is 20.8 Å². The molecule has 1 aromatic carbocycles. The second-order valence-corrected chi connectivity index (χ2v) is 4.57. The van der Waals surface area contributed by atoms with Gasteiger partial charge in [0.1, 0.15) is 0 Å². The van der Waals surface area contributed by atoms with Crippen molar-refractivity contribution in [2.45, 2.75) is 26.8 Å². The molecule has 2 rings (SSSR count). The van der Waals surface area contributed by atoms with Crippen LogP contribution in [0.4, 0.5) is 0 Å². The van der Waals surface area contributed by atoms with E-state index in [1.807, 2.05) is 12.3 Å². The molecule has 0 saturated carbocycles. The highest BCUT2D eigenvalue weighted by Crippen LogP contribution is 2.24. The van der Waals surface area contributed by atoms with Crippen LogP contribution in [-0.2, 0) is 0 Å². The van der Waals surface area contributed by atoms with Crippen molar-refractivity contribution < 1.29 is 0 Å². The molecule has 2 aromatic rings. The average Bonchev–Trinajstić information content (AvgIpc) is 2.29. The first-order valence-electron chi connectivity index (χ1n) is 5.83. The van der Waals surface area contributed by atoms with E-state index in [1.54, 1.807) is 6.20 Å². The summed E-state index contributed by atoms with van der Waals surface area (Å²) in [6.45, 7) is 6.27. The van der Waals surface area contributed by atoms with Gasteiger partial charge in [0.15, 0.2) is 0 Å². The second-order valence-electron chi connectivity index (χ2n) is 4.57. The van der Waals surface area contributed by atoms with Crippen molar-refractivity contribution in [2.24, 2.45) is 5.73 Å². The zero-order valence-electron chi connectivity index (χ0n) is 10.6. The number of nitrogens with two attached hydrogens (primary N) is 1. The molecule has 0 amide bonds. The fourth-order valence-corrected chi connectivity index (χ4v) is 2.14. The molecule has 0 aliphatic carbocycles. The largest absolute Gasteiger partial charge is 0.320 e. The van der Waals surface area contributed by atoms with Gasteiger partial charge in [-0.1, -0.05) is 23.8 Å². The summed E-state index contributed by atoms with van der Waals surface area (Å²) in [6.07, 6.45) is 3.66. The third kappa shape index (κ3) is 2.37. The van der Waals surface area contributed by atoms with Gasteiger partial charge < -0.3 is 5.73 Å². The third-order valence-corrected chi connectivity index (χ3v) is 3.17. The summed E-state index contributed by atoms with van der Waals surface area (Å²) < 4.78 is 0. The number of rotatable bonds is 2. The van der Waals surface area contributed by atoms with E-state index in [0.717, 1.165) is 5.56 Å². The molecule has 2 nitrogen and oxygen atoms in total. The monoisotopic (exact) mass is 226 g/mol. The number of hydrogen-bond acceptors (Lipinski definition) is 2. The Balaban J connectivity index is 2.44. The molecule has 2 heteroatoms. The molecule has 0 spiro atoms. The number of aryl methyl sites for hydroxylation is 3. The van der Waals surface area contributed by atoms with Crippen LogP contribution in [0.15, 0.2) is 36.7 Å². The minimum Gasteiger partial charge on any atom is -0.320 e. The smallest absolute Gasteiger partial charge is 0.0572 e. The maximum absolute atomic E-state index is 6.33. The number of benzene rings is 1. The van der Waals surface area contributed by atoms with Crippen molar-refractivity contribution in [1.82, 2.24) is 4.98 Å². The van der Waals surface area contributed by atoms with Crippen molar-refractivity contribution in [3.05, 3.63) is 64.5 Å². The lowest BCUT2D eigenvalue weighted by atomic mass is 9.93. The van der Waals surface area contributed by atoms with E-state index >= 15 is 0 Å². The van der Waals surface area contributed by atoms with Crippen LogP contribution < -0.4 is 5.73 Å². The Kier molecular flexibility index (Phi) is 3.25. The summed E-state index contributed by atoms with van der Waals surface area (Å²) >= 11 is 0. The van der Waals surface area contributed by atoms with E-state index in [1.165, 1.54) is 22.3 Å². The van der Waals surface area contributed by atoms with E-state index in [9.17, 15) is 0 Å². The minimum absolute atomic E-state index is 0.0932. The Hall–Kier alpha value is -1.67. The molecule has 1 heterocycles. The Morgan fingerprint density at radius 3 is 2.41 bits per heavy atom. The Morgan fingerprint density at radius 2 is 1.76 bits per heavy atom. The van der Waals surface area contributed by atoms with Gasteiger partial charge in [0.25, 0.3) is 0 Å². The van der Waals surface area contributed by atoms with Crippen LogP contribution in [0.2, 0.25) is 0 Å². The van der Waals surface area contributed by atoms with Gasteiger partial charge in [0.2, 0.25) is 0 Å². The fraction of sp³-hybridized carbons (Fsp3) is 0.267. The molecule has 0 radical (unpaired) electrons. The molecule has 0 fully saturated rings. The lowest BCUT2D eigenvalue weighted by Gasteiger charge is -2.17. The Morgan fingerprint density at radius 1 is 1.00 bits per heavy atom. The molecule has 0 aliphatic heterocycles. The summed E-state index contributed by atoms with van der Waals surface area (Å²) in [7, 11) is 0. The summed E-state index contributed by atoms with van der Waals surface area (Å²) in [5, 5.41) is 0. The Bertz CT molecular complexity index is 532. The molecular formula is C15H18N2. The standard InChI is InChI=1S/C15H18N2/c1-10-4-5-13(12(3)8-10)15(16)14-9-17-7-6-11(14)2/h4-9,15H,16H2,1-3H3. The lowest BCUT2D eigenvalue weighted by molar-refractivity contribution is 0.843. The number of pyridine rings is 1. The first-order valence-corrected chi connectivity index (χ1v) is 5.83. The molecule has 0 saturated heterocycles. The van der Waals surface area contributed by atoms with Gasteiger partial charge in [-0.15, -0.1) is 0 Å². The molecule has 1 unspecified atom stereocenters. The molecular weight excluding hydrogens is 208 g/mol. The van der Waals surface area contributed by atoms with Crippen LogP contribution in [0.25, 0.3) is 0 Å². The van der Waals surface area contributed by atoms with Gasteiger partial charge >= 0.3 is 0 Å². The summed E-state index contributed by atoms with van der Waals surface area (Å²) in [5.74, 6) is 0. The first kappa shape index (κ1) is 11.8. The van der Waals surface area contributed by atoms with Crippen molar-refractivity contribution >= 4 is 0 Å². The van der Waals surface area contributed by atoms with Gasteiger partial charge in [-0.05, 0) is 49.1 Å². The summed E-state index contributed by atoms with van der Waals surface area (Å²) in [5.41, 5.74) is 12.3. The molecule has 0 aliphatic rings. The van der Waals surface area contributed by atoms with Crippen LogP contribution in [0.3, 0.4) is 0 Å². The van der Waals surface area contributed by atoms with Crippen molar-refractivity contribution in [3.8, 4) is 0 Å². The van der Waals surface area contributed by atoms with E-state index in [-0.39, 0.29) is 6.04 Å². The highest BCUT2D eigenvalue weighted by Gasteiger charge is 2.13. The minimum atomic E-state index is -0.0932. The van der Waals surface area contributed by atoms with Gasteiger partial charge in [0, 0.05) is 12.4 Å². The second kappa shape index (κ2) is 4.68. The van der Waals surface area contributed by atoms with E-state index in [0.29, 0.717) is 0 Å². The molecule has 88 valence electrons. The van der Waals surface area contributed by atoms with Crippen molar-refractivity contribution in [2.75, 3.05) is 0 Å². The highest BCUT2D eigenvalue weighted by molar-refractivity contribution is 5.40. The zero-order valence-corrected chi connectivity index (χ0v) is 10.6. The quantitative estimate of drug-likeness (QED) is 0.854. The lowest BCUT2D eigenvalue weighted by Crippen LogP contribution is -2.14. The number of hydrogen-bond donors (Lipinski definition) is 1. The predicted molar refractivity (Wildman–Crippen MR) is 70.9 cm³/mol. The van der Waals surface area contributed by atoms with Gasteiger partial charge in [-0.3, -0.25) is 4.98 Å². The first-order chi connectivity index (χ1) is 8.09. The fourth-order valence-electron chi connectivity index (χ4n) is 2.14. The van der Waals surface area contributed by atoms with Gasteiger partial charge in [-0.25, -0.2) is 0 Å². The SMILES string of the molecule is Cc1ccc(C(N)c2cnccc2C)c(C)c1.